The van der Waals surface area contributed by atoms with Crippen molar-refractivity contribution >= 4 is 12.0 Å². The third-order valence-electron chi connectivity index (χ3n) is 3.33. The number of benzene rings is 2. The molecule has 5 heteroatoms. The molecule has 2 aromatic carbocycles. The van der Waals surface area contributed by atoms with E-state index in [0.29, 0.717) is 25.4 Å². The van der Waals surface area contributed by atoms with Gasteiger partial charge in [0.15, 0.2) is 0 Å². The lowest BCUT2D eigenvalue weighted by atomic mass is 10.2. The molecule has 0 unspecified atom stereocenters. The fourth-order valence-electron chi connectivity index (χ4n) is 2.03. The minimum absolute atomic E-state index is 0.430. The van der Waals surface area contributed by atoms with Gasteiger partial charge < -0.3 is 14.6 Å². The number of ether oxygens (including phenoxy) is 2. The summed E-state index contributed by atoms with van der Waals surface area (Å²) in [6.07, 6.45) is 3.84. The molecule has 0 aliphatic carbocycles. The molecule has 0 spiro atoms. The summed E-state index contributed by atoms with van der Waals surface area (Å²) in [6.45, 7) is 0.963. The minimum Gasteiger partial charge on any atom is -0.494 e. The van der Waals surface area contributed by atoms with Crippen LogP contribution in [0.4, 0.5) is 0 Å². The summed E-state index contributed by atoms with van der Waals surface area (Å²) in [5.41, 5.74) is 1.81. The van der Waals surface area contributed by atoms with E-state index in [9.17, 15) is 4.79 Å². The molecule has 0 atom stereocenters. The predicted molar refractivity (Wildman–Crippen MR) is 94.2 cm³/mol. The number of carboxylic acids is 1. The van der Waals surface area contributed by atoms with Gasteiger partial charge in [0.25, 0.3) is 0 Å². The zero-order chi connectivity index (χ0) is 17.9. The molecule has 0 saturated carbocycles. The highest BCUT2D eigenvalue weighted by atomic mass is 16.5. The number of unbranched alkanes of at least 4 members (excludes halogenated alkanes) is 1. The van der Waals surface area contributed by atoms with Crippen molar-refractivity contribution in [3.05, 3.63) is 65.7 Å². The molecule has 128 valence electrons. The van der Waals surface area contributed by atoms with Crippen molar-refractivity contribution in [2.75, 3.05) is 6.61 Å². The lowest BCUT2D eigenvalue weighted by Crippen LogP contribution is -1.98. The maximum atomic E-state index is 10.5. The van der Waals surface area contributed by atoms with Crippen LogP contribution in [0.2, 0.25) is 0 Å². The van der Waals surface area contributed by atoms with E-state index in [1.807, 2.05) is 24.3 Å². The molecule has 2 rings (SSSR count). The van der Waals surface area contributed by atoms with Crippen molar-refractivity contribution < 1.29 is 19.4 Å². The zero-order valence-electron chi connectivity index (χ0n) is 13.7. The van der Waals surface area contributed by atoms with Crippen molar-refractivity contribution in [1.82, 2.24) is 0 Å². The average Bonchev–Trinajstić information content (AvgIpc) is 2.63. The second kappa shape index (κ2) is 9.78. The number of nitrogens with zero attached hydrogens (tertiary/aromatic N) is 1. The van der Waals surface area contributed by atoms with Crippen LogP contribution in [0.5, 0.6) is 11.5 Å². The first-order chi connectivity index (χ1) is 12.2. The van der Waals surface area contributed by atoms with Gasteiger partial charge in [-0.2, -0.15) is 5.26 Å². The Balaban J connectivity index is 1.80. The first-order valence-electron chi connectivity index (χ1n) is 7.90. The normalized spacial score (nSPS) is 10.4. The van der Waals surface area contributed by atoms with Gasteiger partial charge in [0.2, 0.25) is 0 Å². The molecule has 5 nitrogen and oxygen atoms in total. The van der Waals surface area contributed by atoms with Gasteiger partial charge in [0, 0.05) is 12.5 Å². The van der Waals surface area contributed by atoms with Crippen molar-refractivity contribution in [3.63, 3.8) is 0 Å². The Morgan fingerprint density at radius 1 is 1.04 bits per heavy atom. The third kappa shape index (κ3) is 6.80. The summed E-state index contributed by atoms with van der Waals surface area (Å²) in [7, 11) is 0. The Morgan fingerprint density at radius 2 is 1.68 bits per heavy atom. The highest BCUT2D eigenvalue weighted by Crippen LogP contribution is 2.17. The molecule has 1 N–H and O–H groups in total. The second-order valence-electron chi connectivity index (χ2n) is 5.28. The Bertz CT molecular complexity index is 743. The van der Waals surface area contributed by atoms with E-state index in [2.05, 4.69) is 6.07 Å². The van der Waals surface area contributed by atoms with Crippen LogP contribution in [-0.2, 0) is 11.4 Å². The summed E-state index contributed by atoms with van der Waals surface area (Å²) >= 11 is 0. The summed E-state index contributed by atoms with van der Waals surface area (Å²) in [6, 6.07) is 16.9. The quantitative estimate of drug-likeness (QED) is 0.551. The monoisotopic (exact) mass is 337 g/mol. The van der Waals surface area contributed by atoms with Crippen LogP contribution < -0.4 is 9.47 Å². The number of aliphatic carboxylic acids is 1. The molecule has 0 saturated heterocycles. The van der Waals surface area contributed by atoms with Gasteiger partial charge in [0.05, 0.1) is 12.7 Å². The lowest BCUT2D eigenvalue weighted by molar-refractivity contribution is -0.131. The van der Waals surface area contributed by atoms with Gasteiger partial charge in [-0.15, -0.1) is 0 Å². The molecular weight excluding hydrogens is 318 g/mol. The van der Waals surface area contributed by atoms with Gasteiger partial charge in [-0.3, -0.25) is 0 Å². The van der Waals surface area contributed by atoms with E-state index in [-0.39, 0.29) is 0 Å². The molecule has 0 radical (unpaired) electrons. The smallest absolute Gasteiger partial charge is 0.328 e. The Morgan fingerprint density at radius 3 is 2.32 bits per heavy atom. The highest BCUT2D eigenvalue weighted by molar-refractivity contribution is 5.85. The highest BCUT2D eigenvalue weighted by Gasteiger charge is 1.99. The van der Waals surface area contributed by atoms with E-state index >= 15 is 0 Å². The van der Waals surface area contributed by atoms with Crippen LogP contribution in [0, 0.1) is 11.3 Å². The van der Waals surface area contributed by atoms with E-state index in [1.54, 1.807) is 24.3 Å². The van der Waals surface area contributed by atoms with Gasteiger partial charge in [-0.05, 0) is 47.9 Å². The van der Waals surface area contributed by atoms with E-state index in [0.717, 1.165) is 29.4 Å². The summed E-state index contributed by atoms with van der Waals surface area (Å²) in [5, 5.41) is 17.1. The van der Waals surface area contributed by atoms with Crippen molar-refractivity contribution in [3.8, 4) is 17.6 Å². The van der Waals surface area contributed by atoms with Crippen LogP contribution >= 0.6 is 0 Å². The van der Waals surface area contributed by atoms with Crippen LogP contribution in [0.25, 0.3) is 6.08 Å². The summed E-state index contributed by atoms with van der Waals surface area (Å²) in [5.74, 6) is 0.512. The molecule has 2 aromatic rings. The number of hydrogen-bond acceptors (Lipinski definition) is 4. The van der Waals surface area contributed by atoms with Crippen LogP contribution in [-0.4, -0.2) is 17.7 Å². The lowest BCUT2D eigenvalue weighted by Gasteiger charge is -2.08. The molecule has 0 aliphatic rings. The minimum atomic E-state index is -0.974. The number of nitriles is 1. The van der Waals surface area contributed by atoms with Gasteiger partial charge >= 0.3 is 5.97 Å². The van der Waals surface area contributed by atoms with Gasteiger partial charge in [-0.1, -0.05) is 24.3 Å². The molecule has 0 amide bonds. The summed E-state index contributed by atoms with van der Waals surface area (Å²) in [4.78, 5) is 10.5. The Labute approximate surface area is 146 Å². The molecular formula is C20H19NO4. The molecule has 0 bridgehead atoms. The van der Waals surface area contributed by atoms with Crippen LogP contribution in [0.15, 0.2) is 54.6 Å². The first-order valence-corrected chi connectivity index (χ1v) is 7.90. The van der Waals surface area contributed by atoms with Crippen LogP contribution in [0.3, 0.4) is 0 Å². The average molecular weight is 337 g/mol. The first kappa shape index (κ1) is 18.1. The van der Waals surface area contributed by atoms with E-state index in [1.165, 1.54) is 6.08 Å². The predicted octanol–water partition coefficient (Wildman–Crippen LogP) is 4.05. The largest absolute Gasteiger partial charge is 0.494 e. The second-order valence-corrected chi connectivity index (χ2v) is 5.28. The molecule has 25 heavy (non-hydrogen) atoms. The fourth-order valence-corrected chi connectivity index (χ4v) is 2.03. The zero-order valence-corrected chi connectivity index (χ0v) is 13.7. The van der Waals surface area contributed by atoms with Gasteiger partial charge in [0.1, 0.15) is 18.1 Å². The maximum Gasteiger partial charge on any atom is 0.328 e. The summed E-state index contributed by atoms with van der Waals surface area (Å²) < 4.78 is 11.2. The number of carbonyl (C=O) groups is 1. The number of rotatable bonds is 9. The van der Waals surface area contributed by atoms with E-state index < -0.39 is 5.97 Å². The van der Waals surface area contributed by atoms with Crippen molar-refractivity contribution in [2.45, 2.75) is 19.4 Å². The third-order valence-corrected chi connectivity index (χ3v) is 3.33. The van der Waals surface area contributed by atoms with Crippen LogP contribution in [0.1, 0.15) is 24.0 Å². The Kier molecular flexibility index (Phi) is 7.08. The van der Waals surface area contributed by atoms with E-state index in [4.69, 9.17) is 19.8 Å². The SMILES string of the molecule is N#CCCCOc1ccc(COc2ccc(/C=C/C(=O)O)cc2)cc1. The Hall–Kier alpha value is -3.26. The van der Waals surface area contributed by atoms with Gasteiger partial charge in [-0.25, -0.2) is 4.79 Å². The number of carboxylic acid groups (broad SMARTS) is 1. The van der Waals surface area contributed by atoms with Crippen molar-refractivity contribution in [2.24, 2.45) is 0 Å². The standard InChI is InChI=1S/C20H19NO4/c21-13-1-2-14-24-18-10-5-17(6-11-18)15-25-19-8-3-16(4-9-19)7-12-20(22)23/h3-12H,1-2,14-15H2,(H,22,23)/b12-7+. The topological polar surface area (TPSA) is 79.5 Å². The molecule has 0 heterocycles. The molecule has 0 aromatic heterocycles. The molecule has 0 fully saturated rings. The fraction of sp³-hybridized carbons (Fsp3) is 0.200. The van der Waals surface area contributed by atoms with Crippen molar-refractivity contribution in [1.29, 1.82) is 5.26 Å². The molecule has 0 aliphatic heterocycles. The number of hydrogen-bond donors (Lipinski definition) is 1. The maximum absolute atomic E-state index is 10.5.